The van der Waals surface area contributed by atoms with E-state index in [0.717, 1.165) is 17.8 Å². The second-order valence-corrected chi connectivity index (χ2v) is 3.80. The van der Waals surface area contributed by atoms with Crippen molar-refractivity contribution >= 4 is 23.5 Å². The summed E-state index contributed by atoms with van der Waals surface area (Å²) >= 11 is 1.11. The standard InChI is InChI=1S/C7H11N5O2S/c8-3(6(10)14)2-15-7-11-4(9)1-5(13)12-7/h1,3H,2,8H2,(H2,10,14)(H3,9,11,12,13). The molecule has 0 aliphatic rings. The average Bonchev–Trinajstić information content (AvgIpc) is 2.12. The Labute approximate surface area is 89.4 Å². The first-order valence-electron chi connectivity index (χ1n) is 4.03. The molecule has 7 nitrogen and oxygen atoms in total. The third-order valence-electron chi connectivity index (χ3n) is 1.50. The molecule has 1 aromatic rings. The minimum absolute atomic E-state index is 0.119. The number of rotatable bonds is 4. The minimum atomic E-state index is -0.776. The number of primary amides is 1. The minimum Gasteiger partial charge on any atom is -0.383 e. The highest BCUT2D eigenvalue weighted by Gasteiger charge is 2.10. The number of nitrogens with one attached hydrogen (secondary N) is 1. The molecule has 1 amide bonds. The van der Waals surface area contributed by atoms with Gasteiger partial charge in [0.1, 0.15) is 5.82 Å². The summed E-state index contributed by atoms with van der Waals surface area (Å²) in [6, 6.07) is 0.389. The zero-order valence-electron chi connectivity index (χ0n) is 7.77. The highest BCUT2D eigenvalue weighted by Crippen LogP contribution is 2.12. The maximum Gasteiger partial charge on any atom is 0.253 e. The van der Waals surface area contributed by atoms with Crippen LogP contribution in [0, 0.1) is 0 Å². The fraction of sp³-hybridized carbons (Fsp3) is 0.286. The largest absolute Gasteiger partial charge is 0.383 e. The number of nitrogens with two attached hydrogens (primary N) is 3. The molecule has 0 spiro atoms. The van der Waals surface area contributed by atoms with Crippen LogP contribution in [0.1, 0.15) is 0 Å². The summed E-state index contributed by atoms with van der Waals surface area (Å²) < 4.78 is 0. The monoisotopic (exact) mass is 229 g/mol. The van der Waals surface area contributed by atoms with E-state index in [1.165, 1.54) is 0 Å². The first-order valence-corrected chi connectivity index (χ1v) is 5.02. The Morgan fingerprint density at radius 2 is 2.33 bits per heavy atom. The number of nitrogens with zero attached hydrogens (tertiary/aromatic N) is 1. The highest BCUT2D eigenvalue weighted by molar-refractivity contribution is 7.99. The van der Waals surface area contributed by atoms with Crippen LogP contribution in [0.15, 0.2) is 16.0 Å². The zero-order chi connectivity index (χ0) is 11.4. The molecule has 0 saturated carbocycles. The summed E-state index contributed by atoms with van der Waals surface area (Å²) in [6.07, 6.45) is 0. The van der Waals surface area contributed by atoms with Gasteiger partial charge in [-0.2, -0.15) is 0 Å². The lowest BCUT2D eigenvalue weighted by Crippen LogP contribution is -2.38. The fourth-order valence-corrected chi connectivity index (χ4v) is 1.62. The second-order valence-electron chi connectivity index (χ2n) is 2.80. The van der Waals surface area contributed by atoms with Crippen LogP contribution in [0.5, 0.6) is 0 Å². The number of carbonyl (C=O) groups excluding carboxylic acids is 1. The Morgan fingerprint density at radius 1 is 1.67 bits per heavy atom. The van der Waals surface area contributed by atoms with E-state index in [4.69, 9.17) is 17.2 Å². The van der Waals surface area contributed by atoms with Gasteiger partial charge in [-0.15, -0.1) is 0 Å². The van der Waals surface area contributed by atoms with Crippen LogP contribution in [0.2, 0.25) is 0 Å². The van der Waals surface area contributed by atoms with E-state index in [-0.39, 0.29) is 17.1 Å². The van der Waals surface area contributed by atoms with E-state index in [1.807, 2.05) is 0 Å². The first-order chi connectivity index (χ1) is 6.99. The Bertz CT molecular complexity index is 418. The van der Waals surface area contributed by atoms with Crippen molar-refractivity contribution in [1.29, 1.82) is 0 Å². The molecular formula is C7H11N5O2S. The van der Waals surface area contributed by atoms with Crippen LogP contribution in [-0.2, 0) is 4.79 Å². The summed E-state index contributed by atoms with van der Waals surface area (Å²) in [5, 5.41) is 0.316. The van der Waals surface area contributed by atoms with Crippen LogP contribution in [0.3, 0.4) is 0 Å². The molecule has 1 unspecified atom stereocenters. The molecule has 0 aliphatic carbocycles. The molecule has 8 heteroatoms. The molecule has 0 radical (unpaired) electrons. The predicted molar refractivity (Wildman–Crippen MR) is 57.2 cm³/mol. The fourth-order valence-electron chi connectivity index (χ4n) is 0.772. The van der Waals surface area contributed by atoms with E-state index in [9.17, 15) is 9.59 Å². The normalized spacial score (nSPS) is 12.3. The lowest BCUT2D eigenvalue weighted by molar-refractivity contribution is -0.118. The van der Waals surface area contributed by atoms with Gasteiger partial charge in [0.05, 0.1) is 6.04 Å². The van der Waals surface area contributed by atoms with E-state index in [0.29, 0.717) is 5.16 Å². The number of amides is 1. The number of anilines is 1. The van der Waals surface area contributed by atoms with Crippen LogP contribution in [-0.4, -0.2) is 27.7 Å². The number of carbonyl (C=O) groups is 1. The van der Waals surface area contributed by atoms with Crippen molar-refractivity contribution < 1.29 is 4.79 Å². The Kier molecular flexibility index (Phi) is 3.69. The lowest BCUT2D eigenvalue weighted by Gasteiger charge is -2.05. The van der Waals surface area contributed by atoms with Gasteiger partial charge in [0.15, 0.2) is 5.16 Å². The second kappa shape index (κ2) is 4.80. The Hall–Kier alpha value is -1.54. The van der Waals surface area contributed by atoms with Gasteiger partial charge in [-0.1, -0.05) is 11.8 Å². The van der Waals surface area contributed by atoms with Crippen LogP contribution in [0.4, 0.5) is 5.82 Å². The number of thioether (sulfide) groups is 1. The number of H-pyrrole nitrogens is 1. The van der Waals surface area contributed by atoms with Crippen molar-refractivity contribution in [2.75, 3.05) is 11.5 Å². The SMILES string of the molecule is NC(=O)C(N)CSc1nc(N)cc(=O)[nH]1. The summed E-state index contributed by atoms with van der Waals surface area (Å²) in [5.74, 6) is -0.246. The van der Waals surface area contributed by atoms with Crippen LogP contribution >= 0.6 is 11.8 Å². The number of hydrogen-bond acceptors (Lipinski definition) is 6. The Morgan fingerprint density at radius 3 is 2.87 bits per heavy atom. The third-order valence-corrected chi connectivity index (χ3v) is 2.50. The van der Waals surface area contributed by atoms with Gasteiger partial charge in [-0.3, -0.25) is 9.59 Å². The molecule has 1 rings (SSSR count). The summed E-state index contributed by atoms with van der Waals surface area (Å²) in [4.78, 5) is 27.9. The van der Waals surface area contributed by atoms with Crippen molar-refractivity contribution in [3.63, 3.8) is 0 Å². The molecule has 1 aromatic heterocycles. The van der Waals surface area contributed by atoms with Crippen molar-refractivity contribution in [3.05, 3.63) is 16.4 Å². The first kappa shape index (κ1) is 11.5. The molecule has 0 fully saturated rings. The van der Waals surface area contributed by atoms with Gasteiger partial charge < -0.3 is 22.2 Å². The van der Waals surface area contributed by atoms with Crippen molar-refractivity contribution in [2.45, 2.75) is 11.2 Å². The molecule has 0 bridgehead atoms. The summed E-state index contributed by atoms with van der Waals surface area (Å²) in [7, 11) is 0. The lowest BCUT2D eigenvalue weighted by atomic mass is 10.3. The van der Waals surface area contributed by atoms with Crippen molar-refractivity contribution in [2.24, 2.45) is 11.5 Å². The third kappa shape index (κ3) is 3.60. The van der Waals surface area contributed by atoms with Crippen LogP contribution < -0.4 is 22.8 Å². The Balaban J connectivity index is 2.65. The molecule has 0 saturated heterocycles. The maximum absolute atomic E-state index is 11.0. The highest BCUT2D eigenvalue weighted by atomic mass is 32.2. The van der Waals surface area contributed by atoms with Gasteiger partial charge in [0.2, 0.25) is 5.91 Å². The smallest absolute Gasteiger partial charge is 0.253 e. The van der Waals surface area contributed by atoms with Gasteiger partial charge >= 0.3 is 0 Å². The topological polar surface area (TPSA) is 141 Å². The van der Waals surface area contributed by atoms with Crippen molar-refractivity contribution in [3.8, 4) is 0 Å². The van der Waals surface area contributed by atoms with Crippen molar-refractivity contribution in [1.82, 2.24) is 9.97 Å². The quantitative estimate of drug-likeness (QED) is 0.356. The van der Waals surface area contributed by atoms with E-state index in [1.54, 1.807) is 0 Å². The van der Waals surface area contributed by atoms with Gasteiger partial charge in [0, 0.05) is 11.8 Å². The summed E-state index contributed by atoms with van der Waals surface area (Å²) in [6.45, 7) is 0. The zero-order valence-corrected chi connectivity index (χ0v) is 8.58. The average molecular weight is 229 g/mol. The predicted octanol–water partition coefficient (Wildman–Crippen LogP) is -1.74. The van der Waals surface area contributed by atoms with E-state index < -0.39 is 11.9 Å². The van der Waals surface area contributed by atoms with E-state index >= 15 is 0 Å². The van der Waals surface area contributed by atoms with Gasteiger partial charge in [-0.05, 0) is 0 Å². The molecule has 0 aromatic carbocycles. The molecule has 82 valence electrons. The molecule has 1 atom stereocenters. The van der Waals surface area contributed by atoms with Gasteiger partial charge in [0.25, 0.3) is 5.56 Å². The van der Waals surface area contributed by atoms with Gasteiger partial charge in [-0.25, -0.2) is 4.98 Å². The van der Waals surface area contributed by atoms with Crippen LogP contribution in [0.25, 0.3) is 0 Å². The molecule has 1 heterocycles. The number of aromatic nitrogens is 2. The van der Waals surface area contributed by atoms with E-state index in [2.05, 4.69) is 9.97 Å². The number of nitrogen functional groups attached to an aromatic ring is 1. The number of aromatic amines is 1. The number of hydrogen-bond donors (Lipinski definition) is 4. The molecule has 7 N–H and O–H groups in total. The summed E-state index contributed by atoms with van der Waals surface area (Å²) in [5.41, 5.74) is 15.4. The molecule has 0 aliphatic heterocycles. The molecule has 15 heavy (non-hydrogen) atoms. The maximum atomic E-state index is 11.0. The molecular weight excluding hydrogens is 218 g/mol.